The summed E-state index contributed by atoms with van der Waals surface area (Å²) in [5.74, 6) is -0.192. The molecule has 0 radical (unpaired) electrons. The minimum absolute atomic E-state index is 0.149. The van der Waals surface area contributed by atoms with Gasteiger partial charge in [-0.2, -0.15) is 0 Å². The van der Waals surface area contributed by atoms with Crippen molar-refractivity contribution in [2.75, 3.05) is 6.61 Å². The Labute approximate surface area is 122 Å². The molecular weight excluding hydrogens is 250 g/mol. The van der Waals surface area contributed by atoms with E-state index in [4.69, 9.17) is 4.74 Å². The maximum Gasteiger partial charge on any atom is 0.322 e. The highest BCUT2D eigenvalue weighted by atomic mass is 16.5. The Kier molecular flexibility index (Phi) is 6.21. The van der Waals surface area contributed by atoms with Crippen LogP contribution in [0.25, 0.3) is 0 Å². The van der Waals surface area contributed by atoms with E-state index in [1.807, 2.05) is 32.0 Å². The summed E-state index contributed by atoms with van der Waals surface area (Å²) in [4.78, 5) is 11.8. The number of carbonyl (C=O) groups excluding carboxylic acids is 1. The molecule has 0 bridgehead atoms. The molecule has 1 N–H and O–H groups in total. The summed E-state index contributed by atoms with van der Waals surface area (Å²) in [7, 11) is 0. The molecule has 1 aromatic carbocycles. The molecule has 0 aliphatic rings. The fourth-order valence-corrected chi connectivity index (χ4v) is 2.21. The SMILES string of the molecule is CCOC(=O)C(C)NC(CC(C)(C)C)c1ccccc1. The third-order valence-corrected chi connectivity index (χ3v) is 3.11. The summed E-state index contributed by atoms with van der Waals surface area (Å²) in [6, 6.07) is 10.1. The van der Waals surface area contributed by atoms with E-state index in [1.165, 1.54) is 5.56 Å². The Morgan fingerprint density at radius 3 is 2.35 bits per heavy atom. The van der Waals surface area contributed by atoms with Crippen LogP contribution in [-0.4, -0.2) is 18.6 Å². The summed E-state index contributed by atoms with van der Waals surface area (Å²) in [5, 5.41) is 3.40. The lowest BCUT2D eigenvalue weighted by Gasteiger charge is -2.29. The van der Waals surface area contributed by atoms with Gasteiger partial charge in [-0.15, -0.1) is 0 Å². The van der Waals surface area contributed by atoms with Gasteiger partial charge in [0.1, 0.15) is 6.04 Å². The van der Waals surface area contributed by atoms with E-state index in [1.54, 1.807) is 0 Å². The molecule has 0 amide bonds. The number of hydrogen-bond acceptors (Lipinski definition) is 3. The Hall–Kier alpha value is -1.35. The zero-order valence-electron chi connectivity index (χ0n) is 13.3. The summed E-state index contributed by atoms with van der Waals surface area (Å²) in [5.41, 5.74) is 1.39. The summed E-state index contributed by atoms with van der Waals surface area (Å²) < 4.78 is 5.07. The quantitative estimate of drug-likeness (QED) is 0.806. The van der Waals surface area contributed by atoms with Gasteiger partial charge in [-0.25, -0.2) is 0 Å². The van der Waals surface area contributed by atoms with Gasteiger partial charge in [0.2, 0.25) is 0 Å². The lowest BCUT2D eigenvalue weighted by atomic mass is 9.85. The zero-order valence-corrected chi connectivity index (χ0v) is 13.3. The third-order valence-electron chi connectivity index (χ3n) is 3.11. The van der Waals surface area contributed by atoms with E-state index in [-0.39, 0.29) is 23.5 Å². The summed E-state index contributed by atoms with van der Waals surface area (Å²) in [6.45, 7) is 10.7. The highest BCUT2D eigenvalue weighted by Gasteiger charge is 2.24. The fourth-order valence-electron chi connectivity index (χ4n) is 2.21. The van der Waals surface area contributed by atoms with Gasteiger partial charge in [0.25, 0.3) is 0 Å². The molecule has 1 rings (SSSR count). The molecule has 0 aromatic heterocycles. The average Bonchev–Trinajstić information content (AvgIpc) is 2.37. The molecule has 0 spiro atoms. The van der Waals surface area contributed by atoms with Crippen LogP contribution in [0.1, 0.15) is 52.6 Å². The fraction of sp³-hybridized carbons (Fsp3) is 0.588. The van der Waals surface area contributed by atoms with Crippen molar-refractivity contribution in [3.8, 4) is 0 Å². The van der Waals surface area contributed by atoms with E-state index < -0.39 is 0 Å². The molecule has 0 fully saturated rings. The normalized spacial score (nSPS) is 14.7. The summed E-state index contributed by atoms with van der Waals surface area (Å²) >= 11 is 0. The molecule has 0 aliphatic carbocycles. The Morgan fingerprint density at radius 2 is 1.85 bits per heavy atom. The van der Waals surface area contributed by atoms with Crippen LogP contribution in [0.15, 0.2) is 30.3 Å². The number of ether oxygens (including phenoxy) is 1. The van der Waals surface area contributed by atoms with Crippen molar-refractivity contribution in [3.05, 3.63) is 35.9 Å². The van der Waals surface area contributed by atoms with Crippen LogP contribution >= 0.6 is 0 Å². The third kappa shape index (κ3) is 5.74. The first kappa shape index (κ1) is 16.7. The highest BCUT2D eigenvalue weighted by molar-refractivity contribution is 5.75. The van der Waals surface area contributed by atoms with Crippen LogP contribution in [-0.2, 0) is 9.53 Å². The van der Waals surface area contributed by atoms with Crippen molar-refractivity contribution in [2.45, 2.75) is 53.1 Å². The second-order valence-electron chi connectivity index (χ2n) is 6.37. The first-order chi connectivity index (χ1) is 9.33. The number of rotatable bonds is 6. The monoisotopic (exact) mass is 277 g/mol. The van der Waals surface area contributed by atoms with Crippen LogP contribution in [0.2, 0.25) is 0 Å². The molecule has 3 nitrogen and oxygen atoms in total. The molecule has 1 aromatic rings. The molecule has 0 aliphatic heterocycles. The first-order valence-electron chi connectivity index (χ1n) is 7.31. The van der Waals surface area contributed by atoms with Crippen molar-refractivity contribution in [1.29, 1.82) is 0 Å². The van der Waals surface area contributed by atoms with Gasteiger partial charge in [-0.05, 0) is 31.2 Å². The van der Waals surface area contributed by atoms with Crippen LogP contribution in [0.5, 0.6) is 0 Å². The molecule has 0 saturated carbocycles. The number of carbonyl (C=O) groups is 1. The first-order valence-corrected chi connectivity index (χ1v) is 7.31. The van der Waals surface area contributed by atoms with E-state index in [0.717, 1.165) is 6.42 Å². The minimum atomic E-state index is -0.303. The molecule has 2 atom stereocenters. The van der Waals surface area contributed by atoms with Gasteiger partial charge in [0.15, 0.2) is 0 Å². The number of hydrogen-bond donors (Lipinski definition) is 1. The number of esters is 1. The van der Waals surface area contributed by atoms with E-state index >= 15 is 0 Å². The second kappa shape index (κ2) is 7.44. The average molecular weight is 277 g/mol. The smallest absolute Gasteiger partial charge is 0.322 e. The van der Waals surface area contributed by atoms with Crippen LogP contribution in [0.4, 0.5) is 0 Å². The van der Waals surface area contributed by atoms with Gasteiger partial charge in [-0.3, -0.25) is 10.1 Å². The molecule has 112 valence electrons. The lowest BCUT2D eigenvalue weighted by Crippen LogP contribution is -2.39. The number of nitrogens with one attached hydrogen (secondary N) is 1. The maximum absolute atomic E-state index is 11.8. The van der Waals surface area contributed by atoms with Gasteiger partial charge in [-0.1, -0.05) is 51.1 Å². The molecule has 0 saturated heterocycles. The Balaban J connectivity index is 2.81. The van der Waals surface area contributed by atoms with Crippen molar-refractivity contribution >= 4 is 5.97 Å². The van der Waals surface area contributed by atoms with E-state index in [9.17, 15) is 4.79 Å². The molecule has 3 heteroatoms. The van der Waals surface area contributed by atoms with Crippen molar-refractivity contribution in [3.63, 3.8) is 0 Å². The molecule has 0 heterocycles. The predicted octanol–water partition coefficient (Wildman–Crippen LogP) is 3.71. The predicted molar refractivity (Wildman–Crippen MR) is 82.5 cm³/mol. The topological polar surface area (TPSA) is 38.3 Å². The Bertz CT molecular complexity index is 409. The van der Waals surface area contributed by atoms with Crippen molar-refractivity contribution in [2.24, 2.45) is 5.41 Å². The zero-order chi connectivity index (χ0) is 15.2. The summed E-state index contributed by atoms with van der Waals surface area (Å²) in [6.07, 6.45) is 0.959. The molecular formula is C17H27NO2. The number of benzene rings is 1. The lowest BCUT2D eigenvalue weighted by molar-refractivity contribution is -0.145. The second-order valence-corrected chi connectivity index (χ2v) is 6.37. The van der Waals surface area contributed by atoms with E-state index in [2.05, 4.69) is 38.2 Å². The standard InChI is InChI=1S/C17H27NO2/c1-6-20-16(19)13(2)18-15(12-17(3,4)5)14-10-8-7-9-11-14/h7-11,13,15,18H,6,12H2,1-5H3. The molecule has 20 heavy (non-hydrogen) atoms. The van der Waals surface area contributed by atoms with Crippen molar-refractivity contribution in [1.82, 2.24) is 5.32 Å². The van der Waals surface area contributed by atoms with Gasteiger partial charge in [0, 0.05) is 6.04 Å². The van der Waals surface area contributed by atoms with Crippen LogP contribution < -0.4 is 5.32 Å². The highest BCUT2D eigenvalue weighted by Crippen LogP contribution is 2.29. The van der Waals surface area contributed by atoms with Gasteiger partial charge in [0.05, 0.1) is 6.61 Å². The van der Waals surface area contributed by atoms with E-state index in [0.29, 0.717) is 6.61 Å². The van der Waals surface area contributed by atoms with Gasteiger partial charge < -0.3 is 4.74 Å². The Morgan fingerprint density at radius 1 is 1.25 bits per heavy atom. The van der Waals surface area contributed by atoms with Gasteiger partial charge >= 0.3 is 5.97 Å². The van der Waals surface area contributed by atoms with Crippen LogP contribution in [0, 0.1) is 5.41 Å². The molecule has 2 unspecified atom stereocenters. The largest absolute Gasteiger partial charge is 0.465 e. The minimum Gasteiger partial charge on any atom is -0.465 e. The van der Waals surface area contributed by atoms with Crippen LogP contribution in [0.3, 0.4) is 0 Å². The van der Waals surface area contributed by atoms with Crippen molar-refractivity contribution < 1.29 is 9.53 Å². The maximum atomic E-state index is 11.8.